The molecule has 13 atom stereocenters. The molecule has 468 valence electrons. The third kappa shape index (κ3) is 16.2. The van der Waals surface area contributed by atoms with Crippen LogP contribution in [0.1, 0.15) is 56.2 Å². The zero-order valence-corrected chi connectivity index (χ0v) is 46.9. The molecule has 0 bridgehead atoms. The molecule has 0 amide bonds. The van der Waals surface area contributed by atoms with Gasteiger partial charge in [-0.1, -0.05) is 0 Å². The zero-order chi connectivity index (χ0) is 62.2. The molecule has 10 rings (SSSR count). The average molecular weight is 1290 g/mol. The number of aliphatic hydroxyl groups excluding tert-OH is 3. The maximum atomic E-state index is 12.4. The molecule has 4 saturated heterocycles. The summed E-state index contributed by atoms with van der Waals surface area (Å²) in [4.78, 5) is 148. The number of imidazole rings is 2. The smallest absolute Gasteiger partial charge is 0.390 e. The molecule has 6 aromatic heterocycles. The molecule has 4 aliphatic heterocycles. The monoisotopic (exact) mass is 1290 g/mol. The van der Waals surface area contributed by atoms with Crippen molar-refractivity contribution in [2.75, 3.05) is 37.0 Å². The van der Waals surface area contributed by atoms with E-state index < -0.39 is 153 Å². The van der Waals surface area contributed by atoms with Crippen molar-refractivity contribution in [3.8, 4) is 0 Å². The van der Waals surface area contributed by atoms with Crippen LogP contribution in [0.4, 0.5) is 17.6 Å². The molecule has 0 aromatic carbocycles. The van der Waals surface area contributed by atoms with E-state index in [1.165, 1.54) is 47.2 Å². The van der Waals surface area contributed by atoms with E-state index in [0.29, 0.717) is 0 Å². The molecule has 19 N–H and O–H groups in total. The Labute approximate surface area is 472 Å². The number of ether oxygens (including phenoxy) is 4. The van der Waals surface area contributed by atoms with Crippen LogP contribution in [0.25, 0.3) is 22.3 Å². The van der Waals surface area contributed by atoms with E-state index in [4.69, 9.17) is 60.2 Å². The Hall–Kier alpha value is -5.98. The van der Waals surface area contributed by atoms with Crippen molar-refractivity contribution >= 4 is 71.2 Å². The number of nitrogens with zero attached hydrogens (tertiary/aromatic N) is 10. The number of nitrogen functional groups attached to an aromatic ring is 3. The van der Waals surface area contributed by atoms with Gasteiger partial charge in [0.05, 0.1) is 62.8 Å². The molecule has 0 saturated carbocycles. The lowest BCUT2D eigenvalue weighted by Gasteiger charge is -2.33. The third-order valence-electron chi connectivity index (χ3n) is 13.1. The van der Waals surface area contributed by atoms with Crippen LogP contribution < -0.4 is 39.7 Å². The molecule has 0 aliphatic carbocycles. The fraction of sp³-hybridized carbons (Fsp3) is 0.538. The van der Waals surface area contributed by atoms with Crippen LogP contribution in [0.5, 0.6) is 0 Å². The van der Waals surface area contributed by atoms with E-state index in [1.54, 1.807) is 0 Å². The molecule has 46 heteroatoms. The van der Waals surface area contributed by atoms with Crippen molar-refractivity contribution in [1.82, 2.24) is 58.1 Å². The van der Waals surface area contributed by atoms with Crippen LogP contribution in [0.3, 0.4) is 0 Å². The summed E-state index contributed by atoms with van der Waals surface area (Å²) >= 11 is 0. The van der Waals surface area contributed by atoms with Crippen LogP contribution in [-0.4, -0.2) is 181 Å². The van der Waals surface area contributed by atoms with Crippen LogP contribution >= 0.6 is 31.3 Å². The maximum absolute atomic E-state index is 12.4. The summed E-state index contributed by atoms with van der Waals surface area (Å²) < 4.78 is 90.9. The molecular weight excluding hydrogens is 1230 g/mol. The summed E-state index contributed by atoms with van der Waals surface area (Å²) in [6.07, 6.45) is -7.00. The number of rotatable bonds is 17. The SMILES string of the molecule is Cc1cn([C@H]2CC[C@@H](C(OP(=O)(O)O)[C@@H]3[C@H](O)[C@@H](COP(=O)(O)O)O[C@H]3n3cnc4c(N)ncnc43)O2)c(=O)[nH]c1=O.Nc1ccn([C@H]2C[C@H](O)[C@@H](COP(=O)(O)O)O2)c(=O)n1.Nc1nc2c(ncn2[C@H]2C[C@H](O)[C@@H](COP(=O)(O)O)O2)c(=O)[nH]1. The Balaban J connectivity index is 0.000000184. The van der Waals surface area contributed by atoms with Crippen molar-refractivity contribution in [3.05, 3.63) is 84.7 Å². The normalized spacial score (nSPS) is 26.8. The number of nitrogens with one attached hydrogen (secondary N) is 2. The number of anilines is 3. The molecule has 10 heterocycles. The van der Waals surface area contributed by atoms with Crippen LogP contribution in [0.2, 0.25) is 0 Å². The van der Waals surface area contributed by atoms with E-state index in [1.807, 2.05) is 0 Å². The number of aromatic amines is 2. The number of H-pyrrole nitrogens is 2. The predicted octanol–water partition coefficient (Wildman–Crippen LogP) is -4.55. The Bertz CT molecular complexity index is 3820. The van der Waals surface area contributed by atoms with Crippen molar-refractivity contribution < 1.29 is 110 Å². The summed E-state index contributed by atoms with van der Waals surface area (Å²) in [7, 11) is -19.6. The highest BCUT2D eigenvalue weighted by Gasteiger charge is 2.55. The number of hydrogen-bond acceptors (Lipinski definition) is 28. The summed E-state index contributed by atoms with van der Waals surface area (Å²) in [6.45, 7) is -0.307. The van der Waals surface area contributed by atoms with Gasteiger partial charge in [0.1, 0.15) is 67.0 Å². The molecule has 4 fully saturated rings. The van der Waals surface area contributed by atoms with Gasteiger partial charge in [-0.05, 0) is 25.8 Å². The standard InChI is InChI=1S/C20H27N7O13P2.C10H14N5O7P.C9H14N3O7P/c1-8-4-26(20(30)25-18(8)29)11-3-2-9(38-11)15(40-42(34,35)36)12-14(28)10(5-37-41(31,32)33)39-19(12)27-7-24-13-16(21)22-6-23-17(13)27;11-10-13-8-7(9(17)14-10)12-3-15(8)6-1-4(16)5(22-6)2-21-23(18,19)20;10-7-1-2-12(9(14)11-7)8-3-5(13)6(19-8)4-18-20(15,16)17/h4,6-7,9-12,14-15,19,28H,2-3,5H2,1H3,(H2,21,22,23)(H,25,29,30)(H2,31,32,33)(H2,34,35,36);3-6,16H,1-2H2,(H2,18,19,20)(H3,11,13,14,17);1-2,5-6,8,13H,3-4H2,(H2,10,11,14)(H2,15,16,17)/t9-,10+,11+,12-,14+,15?,19+;4-,5+,6+;5-,6+,8+/m000/s1. The lowest BCUT2D eigenvalue weighted by molar-refractivity contribution is -0.106. The van der Waals surface area contributed by atoms with Gasteiger partial charge in [-0.2, -0.15) is 9.97 Å². The first-order chi connectivity index (χ1) is 39.6. The average Bonchev–Trinajstić information content (AvgIpc) is 3.89. The minimum absolute atomic E-state index is 0.00171. The van der Waals surface area contributed by atoms with Gasteiger partial charge in [0, 0.05) is 30.8 Å². The van der Waals surface area contributed by atoms with E-state index in [2.05, 4.69) is 53.4 Å². The summed E-state index contributed by atoms with van der Waals surface area (Å²) in [6, 6.07) is 1.40. The topological polar surface area (TPSA) is 640 Å². The lowest BCUT2D eigenvalue weighted by Crippen LogP contribution is -2.44. The van der Waals surface area contributed by atoms with Crippen LogP contribution in [0, 0.1) is 12.8 Å². The van der Waals surface area contributed by atoms with Gasteiger partial charge >= 0.3 is 42.7 Å². The number of aliphatic hydroxyl groups is 3. The quantitative estimate of drug-likeness (QED) is 0.0382. The highest BCUT2D eigenvalue weighted by molar-refractivity contribution is 7.47. The second-order valence-corrected chi connectivity index (χ2v) is 23.9. The number of phosphoric acid groups is 4. The fourth-order valence-corrected chi connectivity index (χ4v) is 11.0. The predicted molar refractivity (Wildman–Crippen MR) is 278 cm³/mol. The number of phosphoric ester groups is 4. The van der Waals surface area contributed by atoms with Crippen LogP contribution in [0.15, 0.2) is 56.6 Å². The molecule has 4 aliphatic rings. The minimum Gasteiger partial charge on any atom is -0.390 e. The first kappa shape index (κ1) is 65.0. The van der Waals surface area contributed by atoms with Crippen molar-refractivity contribution in [3.63, 3.8) is 0 Å². The Morgan fingerprint density at radius 1 is 0.647 bits per heavy atom. The fourth-order valence-electron chi connectivity index (χ4n) is 9.39. The Morgan fingerprint density at radius 3 is 1.81 bits per heavy atom. The van der Waals surface area contributed by atoms with E-state index in [-0.39, 0.29) is 71.2 Å². The Kier molecular flexibility index (Phi) is 19.7. The zero-order valence-electron chi connectivity index (χ0n) is 43.4. The molecule has 0 radical (unpaired) electrons. The third-order valence-corrected chi connectivity index (χ3v) is 15.1. The lowest BCUT2D eigenvalue weighted by atomic mass is 9.89. The highest BCUT2D eigenvalue weighted by Crippen LogP contribution is 2.50. The number of aromatic nitrogens is 12. The summed E-state index contributed by atoms with van der Waals surface area (Å²) in [5, 5.41) is 31.0. The number of aryl methyl sites for hydroxylation is 1. The largest absolute Gasteiger partial charge is 0.469 e. The van der Waals surface area contributed by atoms with Crippen LogP contribution in [-0.2, 0) is 55.3 Å². The highest BCUT2D eigenvalue weighted by atomic mass is 31.2. The van der Waals surface area contributed by atoms with Gasteiger partial charge in [0.15, 0.2) is 22.6 Å². The number of hydrogen-bond donors (Lipinski definition) is 16. The first-order valence-electron chi connectivity index (χ1n) is 24.5. The van der Waals surface area contributed by atoms with Gasteiger partial charge in [-0.3, -0.25) is 55.9 Å². The molecule has 6 aromatic rings. The second kappa shape index (κ2) is 25.8. The first-order valence-corrected chi connectivity index (χ1v) is 30.6. The molecule has 42 nitrogen and oxygen atoms in total. The second-order valence-electron chi connectivity index (χ2n) is 19.0. The minimum atomic E-state index is -5.28. The van der Waals surface area contributed by atoms with Gasteiger partial charge in [-0.25, -0.2) is 47.8 Å². The van der Waals surface area contributed by atoms with Gasteiger partial charge in [-0.15, -0.1) is 0 Å². The van der Waals surface area contributed by atoms with Gasteiger partial charge < -0.3 is 90.6 Å². The number of nitrogens with two attached hydrogens (primary N) is 3. The Morgan fingerprint density at radius 2 is 1.22 bits per heavy atom. The summed E-state index contributed by atoms with van der Waals surface area (Å²) in [5.74, 6) is -1.42. The maximum Gasteiger partial charge on any atom is 0.469 e. The van der Waals surface area contributed by atoms with Gasteiger partial charge in [0.2, 0.25) is 5.95 Å². The van der Waals surface area contributed by atoms with Gasteiger partial charge in [0.25, 0.3) is 11.1 Å². The van der Waals surface area contributed by atoms with E-state index in [0.717, 1.165) is 15.5 Å². The molecular formula is C39H55N15O27P4. The van der Waals surface area contributed by atoms with E-state index in [9.17, 15) is 72.3 Å². The summed E-state index contributed by atoms with van der Waals surface area (Å²) in [5.41, 5.74) is 14.9. The van der Waals surface area contributed by atoms with Crippen molar-refractivity contribution in [2.24, 2.45) is 5.92 Å². The van der Waals surface area contributed by atoms with E-state index >= 15 is 0 Å². The molecule has 1 unspecified atom stereocenters. The van der Waals surface area contributed by atoms with Crippen molar-refractivity contribution in [1.29, 1.82) is 0 Å². The molecule has 0 spiro atoms. The molecule has 85 heavy (non-hydrogen) atoms. The van der Waals surface area contributed by atoms with Crippen molar-refractivity contribution in [2.45, 2.75) is 106 Å². The number of fused-ring (bicyclic) bond motifs is 2.